The normalized spacial score (nSPS) is 26.8. The second-order valence-electron chi connectivity index (χ2n) is 5.00. The number of rotatable bonds is 3. The second-order valence-corrected chi connectivity index (χ2v) is 5.00. The van der Waals surface area contributed by atoms with E-state index in [1.165, 1.54) is 45.2 Å². The van der Waals surface area contributed by atoms with Crippen molar-refractivity contribution in [3.05, 3.63) is 0 Å². The van der Waals surface area contributed by atoms with Crippen LogP contribution in [0.1, 0.15) is 46.0 Å². The standard InChI is InChI=1S/C12H23NO/c1-10(2)14-12-6-8-13(9-7-12)11-4-3-5-11/h10-12H,3-9H2,1-2H3. The largest absolute Gasteiger partial charge is 0.375 e. The first-order valence-corrected chi connectivity index (χ1v) is 6.15. The summed E-state index contributed by atoms with van der Waals surface area (Å²) in [5.74, 6) is 0. The molecule has 0 bridgehead atoms. The van der Waals surface area contributed by atoms with E-state index in [4.69, 9.17) is 4.74 Å². The van der Waals surface area contributed by atoms with Gasteiger partial charge >= 0.3 is 0 Å². The van der Waals surface area contributed by atoms with Crippen molar-refractivity contribution in [3.8, 4) is 0 Å². The van der Waals surface area contributed by atoms with Crippen LogP contribution in [0.4, 0.5) is 0 Å². The molecule has 82 valence electrons. The maximum absolute atomic E-state index is 5.84. The van der Waals surface area contributed by atoms with Crippen molar-refractivity contribution < 1.29 is 4.74 Å². The van der Waals surface area contributed by atoms with Crippen LogP contribution in [-0.2, 0) is 4.74 Å². The Hall–Kier alpha value is -0.0800. The van der Waals surface area contributed by atoms with Crippen molar-refractivity contribution in [2.24, 2.45) is 0 Å². The Morgan fingerprint density at radius 1 is 1.07 bits per heavy atom. The van der Waals surface area contributed by atoms with Gasteiger partial charge in [0.15, 0.2) is 0 Å². The zero-order chi connectivity index (χ0) is 9.97. The Morgan fingerprint density at radius 3 is 2.14 bits per heavy atom. The fraction of sp³-hybridized carbons (Fsp3) is 1.00. The zero-order valence-electron chi connectivity index (χ0n) is 9.54. The van der Waals surface area contributed by atoms with E-state index in [0.717, 1.165) is 6.04 Å². The van der Waals surface area contributed by atoms with Gasteiger partial charge in [0.1, 0.15) is 0 Å². The molecular weight excluding hydrogens is 174 g/mol. The SMILES string of the molecule is CC(C)OC1CCN(C2CCC2)CC1. The third-order valence-electron chi connectivity index (χ3n) is 3.53. The third kappa shape index (κ3) is 2.48. The van der Waals surface area contributed by atoms with Gasteiger partial charge in [-0.25, -0.2) is 0 Å². The molecule has 2 aliphatic rings. The van der Waals surface area contributed by atoms with E-state index in [1.807, 2.05) is 0 Å². The topological polar surface area (TPSA) is 12.5 Å². The molecule has 0 aromatic heterocycles. The summed E-state index contributed by atoms with van der Waals surface area (Å²) in [5.41, 5.74) is 0. The van der Waals surface area contributed by atoms with E-state index in [9.17, 15) is 0 Å². The van der Waals surface area contributed by atoms with E-state index in [-0.39, 0.29) is 0 Å². The van der Waals surface area contributed by atoms with Crippen LogP contribution in [0.25, 0.3) is 0 Å². The van der Waals surface area contributed by atoms with Gasteiger partial charge in [-0.2, -0.15) is 0 Å². The van der Waals surface area contributed by atoms with Crippen LogP contribution < -0.4 is 0 Å². The minimum Gasteiger partial charge on any atom is -0.375 e. The average Bonchev–Trinajstić information content (AvgIpc) is 2.04. The molecule has 0 aromatic carbocycles. The minimum absolute atomic E-state index is 0.398. The summed E-state index contributed by atoms with van der Waals surface area (Å²) in [6.45, 7) is 6.81. The average molecular weight is 197 g/mol. The van der Waals surface area contributed by atoms with Crippen molar-refractivity contribution in [2.75, 3.05) is 13.1 Å². The van der Waals surface area contributed by atoms with E-state index in [1.54, 1.807) is 0 Å². The molecule has 2 nitrogen and oxygen atoms in total. The fourth-order valence-electron chi connectivity index (χ4n) is 2.51. The highest BCUT2D eigenvalue weighted by Gasteiger charge is 2.28. The van der Waals surface area contributed by atoms with Gasteiger partial charge in [-0.15, -0.1) is 0 Å². The van der Waals surface area contributed by atoms with Crippen LogP contribution in [-0.4, -0.2) is 36.2 Å². The number of piperidine rings is 1. The molecule has 0 radical (unpaired) electrons. The molecule has 2 rings (SSSR count). The molecule has 1 saturated heterocycles. The zero-order valence-corrected chi connectivity index (χ0v) is 9.54. The summed E-state index contributed by atoms with van der Waals surface area (Å²) in [6, 6.07) is 0.926. The summed E-state index contributed by atoms with van der Waals surface area (Å²) in [5, 5.41) is 0. The Labute approximate surface area is 87.6 Å². The molecule has 0 amide bonds. The molecule has 1 saturated carbocycles. The lowest BCUT2D eigenvalue weighted by Crippen LogP contribution is -2.46. The Balaban J connectivity index is 1.69. The third-order valence-corrected chi connectivity index (χ3v) is 3.53. The first kappa shape index (κ1) is 10.4. The van der Waals surface area contributed by atoms with Crippen LogP contribution in [0.5, 0.6) is 0 Å². The summed E-state index contributed by atoms with van der Waals surface area (Å²) in [6.07, 6.45) is 7.75. The quantitative estimate of drug-likeness (QED) is 0.689. The smallest absolute Gasteiger partial charge is 0.0603 e. The monoisotopic (exact) mass is 197 g/mol. The number of hydrogen-bond donors (Lipinski definition) is 0. The van der Waals surface area contributed by atoms with Gasteiger partial charge in [-0.1, -0.05) is 6.42 Å². The summed E-state index contributed by atoms with van der Waals surface area (Å²) >= 11 is 0. The molecule has 0 N–H and O–H groups in total. The molecule has 0 unspecified atom stereocenters. The second kappa shape index (κ2) is 4.63. The van der Waals surface area contributed by atoms with Crippen molar-refractivity contribution in [2.45, 2.75) is 64.2 Å². The Bertz CT molecular complexity index is 169. The van der Waals surface area contributed by atoms with Gasteiger partial charge in [0, 0.05) is 19.1 Å². The van der Waals surface area contributed by atoms with Crippen LogP contribution in [0.15, 0.2) is 0 Å². The van der Waals surface area contributed by atoms with E-state index < -0.39 is 0 Å². The predicted molar refractivity (Wildman–Crippen MR) is 58.5 cm³/mol. The fourth-order valence-corrected chi connectivity index (χ4v) is 2.51. The van der Waals surface area contributed by atoms with Gasteiger partial charge in [0.2, 0.25) is 0 Å². The van der Waals surface area contributed by atoms with Crippen LogP contribution in [0.2, 0.25) is 0 Å². The van der Waals surface area contributed by atoms with Crippen molar-refractivity contribution in [3.63, 3.8) is 0 Å². The molecule has 1 aliphatic carbocycles. The van der Waals surface area contributed by atoms with Crippen LogP contribution in [0.3, 0.4) is 0 Å². The van der Waals surface area contributed by atoms with Crippen LogP contribution >= 0.6 is 0 Å². The van der Waals surface area contributed by atoms with Gasteiger partial charge in [-0.05, 0) is 39.5 Å². The maximum Gasteiger partial charge on any atom is 0.0603 e. The molecule has 1 heterocycles. The lowest BCUT2D eigenvalue weighted by atomic mass is 9.90. The van der Waals surface area contributed by atoms with Crippen LogP contribution in [0, 0.1) is 0 Å². The van der Waals surface area contributed by atoms with Crippen molar-refractivity contribution >= 4 is 0 Å². The maximum atomic E-state index is 5.84. The molecule has 1 aliphatic heterocycles. The Kier molecular flexibility index (Phi) is 3.45. The van der Waals surface area contributed by atoms with Gasteiger partial charge < -0.3 is 9.64 Å². The predicted octanol–water partition coefficient (Wildman–Crippen LogP) is 2.43. The molecule has 2 heteroatoms. The van der Waals surface area contributed by atoms with E-state index in [0.29, 0.717) is 12.2 Å². The summed E-state index contributed by atoms with van der Waals surface area (Å²) in [7, 11) is 0. The first-order chi connectivity index (χ1) is 6.75. The molecule has 14 heavy (non-hydrogen) atoms. The highest BCUT2D eigenvalue weighted by molar-refractivity contribution is 4.84. The molecular formula is C12H23NO. The van der Waals surface area contributed by atoms with E-state index >= 15 is 0 Å². The number of hydrogen-bond acceptors (Lipinski definition) is 2. The van der Waals surface area contributed by atoms with Gasteiger partial charge in [0.25, 0.3) is 0 Å². The summed E-state index contributed by atoms with van der Waals surface area (Å²) < 4.78 is 5.84. The molecule has 0 aromatic rings. The van der Waals surface area contributed by atoms with Crippen molar-refractivity contribution in [1.82, 2.24) is 4.90 Å². The number of ether oxygens (including phenoxy) is 1. The minimum atomic E-state index is 0.398. The Morgan fingerprint density at radius 2 is 1.71 bits per heavy atom. The summed E-state index contributed by atoms with van der Waals surface area (Å²) in [4.78, 5) is 2.67. The van der Waals surface area contributed by atoms with Crippen molar-refractivity contribution in [1.29, 1.82) is 0 Å². The molecule has 0 atom stereocenters. The molecule has 2 fully saturated rings. The highest BCUT2D eigenvalue weighted by atomic mass is 16.5. The number of nitrogens with zero attached hydrogens (tertiary/aromatic N) is 1. The van der Waals surface area contributed by atoms with Gasteiger partial charge in [0.05, 0.1) is 12.2 Å². The lowest BCUT2D eigenvalue weighted by Gasteiger charge is -2.41. The first-order valence-electron chi connectivity index (χ1n) is 6.15. The highest BCUT2D eigenvalue weighted by Crippen LogP contribution is 2.28. The molecule has 0 spiro atoms. The van der Waals surface area contributed by atoms with Gasteiger partial charge in [-0.3, -0.25) is 0 Å². The number of likely N-dealkylation sites (tertiary alicyclic amines) is 1. The van der Waals surface area contributed by atoms with E-state index in [2.05, 4.69) is 18.7 Å². The lowest BCUT2D eigenvalue weighted by molar-refractivity contribution is -0.0391.